The predicted molar refractivity (Wildman–Crippen MR) is 47.2 cm³/mol. The highest BCUT2D eigenvalue weighted by atomic mass is 16.3. The molecule has 1 aliphatic carbocycles. The van der Waals surface area contributed by atoms with Gasteiger partial charge in [-0.05, 0) is 12.2 Å². The molecule has 12 heavy (non-hydrogen) atoms. The first-order valence-corrected chi connectivity index (χ1v) is 3.71. The molecule has 4 nitrogen and oxygen atoms in total. The molecule has 4 heteroatoms. The van der Waals surface area contributed by atoms with E-state index in [1.165, 1.54) is 0 Å². The van der Waals surface area contributed by atoms with Crippen LogP contribution < -0.4 is 5.73 Å². The van der Waals surface area contributed by atoms with Crippen LogP contribution in [0.5, 0.6) is 0 Å². The van der Waals surface area contributed by atoms with Crippen molar-refractivity contribution in [1.29, 1.82) is 0 Å². The van der Waals surface area contributed by atoms with Gasteiger partial charge in [0.25, 0.3) is 0 Å². The van der Waals surface area contributed by atoms with E-state index in [2.05, 4.69) is 9.98 Å². The summed E-state index contributed by atoms with van der Waals surface area (Å²) in [4.78, 5) is 8.23. The second kappa shape index (κ2) is 2.57. The van der Waals surface area contributed by atoms with Crippen molar-refractivity contribution in [1.82, 2.24) is 0 Å². The molecular weight excluding hydrogens is 154 g/mol. The van der Waals surface area contributed by atoms with Gasteiger partial charge in [0.05, 0.1) is 5.71 Å². The number of aliphatic hydroxyl groups excluding tert-OH is 1. The molecule has 1 unspecified atom stereocenters. The van der Waals surface area contributed by atoms with Crippen LogP contribution in [0.4, 0.5) is 0 Å². The number of nitrogens with zero attached hydrogens (tertiary/aromatic N) is 2. The molecule has 0 fully saturated rings. The van der Waals surface area contributed by atoms with Crippen LogP contribution in [0.1, 0.15) is 0 Å². The third-order valence-corrected chi connectivity index (χ3v) is 1.78. The smallest absolute Gasteiger partial charge is 0.150 e. The number of nitrogens with two attached hydrogens (primary N) is 1. The summed E-state index contributed by atoms with van der Waals surface area (Å²) in [5, 5.41) is 8.77. The Balaban J connectivity index is 2.32. The molecule has 1 atom stereocenters. The molecule has 0 saturated carbocycles. The van der Waals surface area contributed by atoms with Gasteiger partial charge in [-0.2, -0.15) is 0 Å². The van der Waals surface area contributed by atoms with Crippen LogP contribution in [0, 0.1) is 0 Å². The first-order valence-electron chi connectivity index (χ1n) is 3.71. The Morgan fingerprint density at radius 2 is 2.42 bits per heavy atom. The fraction of sp³-hybridized carbons (Fsp3) is 0.250. The summed E-state index contributed by atoms with van der Waals surface area (Å²) < 4.78 is 0. The van der Waals surface area contributed by atoms with E-state index in [-0.39, 0.29) is 12.6 Å². The van der Waals surface area contributed by atoms with Gasteiger partial charge in [0.15, 0.2) is 0 Å². The fourth-order valence-electron chi connectivity index (χ4n) is 1.23. The van der Waals surface area contributed by atoms with Crippen LogP contribution in [0.3, 0.4) is 0 Å². The third kappa shape index (κ3) is 1.06. The molecule has 1 aliphatic heterocycles. The second-order valence-corrected chi connectivity index (χ2v) is 2.69. The molecule has 0 aromatic rings. The third-order valence-electron chi connectivity index (χ3n) is 1.78. The minimum atomic E-state index is -0.110. The Kier molecular flexibility index (Phi) is 1.55. The lowest BCUT2D eigenvalue weighted by Gasteiger charge is -2.06. The molecule has 2 aliphatic rings. The van der Waals surface area contributed by atoms with E-state index in [9.17, 15) is 0 Å². The molecule has 0 bridgehead atoms. The molecule has 3 N–H and O–H groups in total. The highest BCUT2D eigenvalue weighted by molar-refractivity contribution is 6.13. The van der Waals surface area contributed by atoms with Gasteiger partial charge in [-0.25, -0.2) is 4.99 Å². The lowest BCUT2D eigenvalue weighted by molar-refractivity contribution is 0.356. The van der Waals surface area contributed by atoms with Crippen LogP contribution in [0.25, 0.3) is 0 Å². The molecule has 0 aromatic carbocycles. The van der Waals surface area contributed by atoms with Gasteiger partial charge >= 0.3 is 0 Å². The van der Waals surface area contributed by atoms with Gasteiger partial charge in [0.2, 0.25) is 0 Å². The Labute approximate surface area is 69.8 Å². The van der Waals surface area contributed by atoms with Crippen molar-refractivity contribution in [2.45, 2.75) is 6.04 Å². The van der Waals surface area contributed by atoms with Crippen LogP contribution in [0.15, 0.2) is 33.9 Å². The van der Waals surface area contributed by atoms with Gasteiger partial charge in [-0.1, -0.05) is 6.08 Å². The Hall–Kier alpha value is -1.42. The van der Waals surface area contributed by atoms with E-state index in [1.54, 1.807) is 12.2 Å². The van der Waals surface area contributed by atoms with Crippen molar-refractivity contribution in [2.75, 3.05) is 6.61 Å². The van der Waals surface area contributed by atoms with E-state index in [1.807, 2.05) is 6.08 Å². The summed E-state index contributed by atoms with van der Waals surface area (Å²) in [6, 6.07) is -0.0283. The maximum atomic E-state index is 8.77. The van der Waals surface area contributed by atoms with Gasteiger partial charge in [-0.3, -0.25) is 4.99 Å². The van der Waals surface area contributed by atoms with E-state index >= 15 is 0 Å². The van der Waals surface area contributed by atoms with Crippen LogP contribution in [-0.2, 0) is 0 Å². The average molecular weight is 163 g/mol. The minimum absolute atomic E-state index is 0.0283. The van der Waals surface area contributed by atoms with Crippen molar-refractivity contribution >= 4 is 11.5 Å². The predicted octanol–water partition coefficient (Wildman–Crippen LogP) is -0.387. The van der Waals surface area contributed by atoms with Crippen LogP contribution in [0.2, 0.25) is 0 Å². The van der Waals surface area contributed by atoms with Crippen molar-refractivity contribution in [3.63, 3.8) is 0 Å². The molecule has 62 valence electrons. The number of fused-ring (bicyclic) bond motifs is 1. The number of amidine groups is 1. The lowest BCUT2D eigenvalue weighted by atomic mass is 10.1. The van der Waals surface area contributed by atoms with Gasteiger partial charge in [0.1, 0.15) is 18.5 Å². The highest BCUT2D eigenvalue weighted by Crippen LogP contribution is 2.14. The van der Waals surface area contributed by atoms with Crippen molar-refractivity contribution in [3.05, 3.63) is 23.9 Å². The van der Waals surface area contributed by atoms with E-state index in [0.717, 1.165) is 5.71 Å². The SMILES string of the molecule is NC1=CC2=NC(CO)=NC2C=C1. The van der Waals surface area contributed by atoms with Crippen molar-refractivity contribution < 1.29 is 5.11 Å². The summed E-state index contributed by atoms with van der Waals surface area (Å²) in [5.41, 5.74) is 7.06. The summed E-state index contributed by atoms with van der Waals surface area (Å²) in [6.07, 6.45) is 5.45. The highest BCUT2D eigenvalue weighted by Gasteiger charge is 2.20. The van der Waals surface area contributed by atoms with Gasteiger partial charge < -0.3 is 10.8 Å². The zero-order valence-electron chi connectivity index (χ0n) is 6.44. The van der Waals surface area contributed by atoms with E-state index < -0.39 is 0 Å². The first kappa shape index (κ1) is 7.24. The Morgan fingerprint density at radius 1 is 1.58 bits per heavy atom. The van der Waals surface area contributed by atoms with Gasteiger partial charge in [0, 0.05) is 5.70 Å². The summed E-state index contributed by atoms with van der Waals surface area (Å²) in [5.74, 6) is 0.477. The molecule has 0 amide bonds. The summed E-state index contributed by atoms with van der Waals surface area (Å²) in [7, 11) is 0. The van der Waals surface area contributed by atoms with Crippen LogP contribution in [-0.4, -0.2) is 29.3 Å². The molecular formula is C8H9N3O. The number of aliphatic hydroxyl groups is 1. The summed E-state index contributed by atoms with van der Waals surface area (Å²) in [6.45, 7) is -0.110. The van der Waals surface area contributed by atoms with Crippen LogP contribution >= 0.6 is 0 Å². The fourth-order valence-corrected chi connectivity index (χ4v) is 1.23. The zero-order valence-corrected chi connectivity index (χ0v) is 6.44. The maximum absolute atomic E-state index is 8.77. The van der Waals surface area contributed by atoms with Crippen molar-refractivity contribution in [2.24, 2.45) is 15.7 Å². The number of hydrogen-bond acceptors (Lipinski definition) is 4. The molecule has 2 rings (SSSR count). The Bertz CT molecular complexity index is 325. The minimum Gasteiger partial charge on any atom is -0.399 e. The molecule has 0 aromatic heterocycles. The molecule has 0 saturated heterocycles. The monoisotopic (exact) mass is 163 g/mol. The standard InChI is InChI=1S/C8H9N3O/c9-5-1-2-6-7(3-5)11-8(4-12)10-6/h1-3,6,12H,4,9H2. The Morgan fingerprint density at radius 3 is 3.17 bits per heavy atom. The molecule has 0 spiro atoms. The quantitative estimate of drug-likeness (QED) is 0.552. The van der Waals surface area contributed by atoms with E-state index in [4.69, 9.17) is 10.8 Å². The largest absolute Gasteiger partial charge is 0.399 e. The van der Waals surface area contributed by atoms with Gasteiger partial charge in [-0.15, -0.1) is 0 Å². The normalized spacial score (nSPS) is 26.1. The first-order chi connectivity index (χ1) is 5.79. The number of aliphatic imine (C=N–C) groups is 2. The maximum Gasteiger partial charge on any atom is 0.150 e. The van der Waals surface area contributed by atoms with Crippen molar-refractivity contribution in [3.8, 4) is 0 Å². The zero-order chi connectivity index (χ0) is 8.55. The number of hydrogen-bond donors (Lipinski definition) is 2. The topological polar surface area (TPSA) is 71.0 Å². The number of allylic oxidation sites excluding steroid dienone is 1. The summed E-state index contributed by atoms with van der Waals surface area (Å²) >= 11 is 0. The molecule has 1 heterocycles. The molecule has 0 radical (unpaired) electrons. The van der Waals surface area contributed by atoms with E-state index in [0.29, 0.717) is 11.5 Å². The second-order valence-electron chi connectivity index (χ2n) is 2.69. The average Bonchev–Trinajstić information content (AvgIpc) is 2.46. The lowest BCUT2D eigenvalue weighted by Crippen LogP contribution is -2.16. The number of rotatable bonds is 1.